The van der Waals surface area contributed by atoms with Gasteiger partial charge in [0.1, 0.15) is 0 Å². The van der Waals surface area contributed by atoms with Crippen molar-refractivity contribution in [2.45, 2.75) is 81.7 Å². The van der Waals surface area contributed by atoms with Crippen molar-refractivity contribution in [2.75, 3.05) is 19.6 Å². The Balaban J connectivity index is 1.33. The highest BCUT2D eigenvalue weighted by Crippen LogP contribution is 2.55. The summed E-state index contributed by atoms with van der Waals surface area (Å²) in [6.45, 7) is 2.47. The van der Waals surface area contributed by atoms with Crippen LogP contribution in [0.25, 0.3) is 0 Å². The van der Waals surface area contributed by atoms with Gasteiger partial charge in [0.15, 0.2) is 0 Å². The van der Waals surface area contributed by atoms with E-state index in [9.17, 15) is 18.0 Å². The molecule has 3 saturated heterocycles. The number of ether oxygens (including phenoxy) is 1. The quantitative estimate of drug-likeness (QED) is 0.803. The summed E-state index contributed by atoms with van der Waals surface area (Å²) >= 11 is 0. The Morgan fingerprint density at radius 3 is 2.69 bits per heavy atom. The number of nitrogens with one attached hydrogen (secondary N) is 1. The number of amides is 1. The number of fused-ring (bicyclic) bond motifs is 1. The van der Waals surface area contributed by atoms with Gasteiger partial charge in [0.2, 0.25) is 5.91 Å². The first-order chi connectivity index (χ1) is 12.4. The monoisotopic (exact) mass is 374 g/mol. The van der Waals surface area contributed by atoms with Crippen molar-refractivity contribution < 1.29 is 22.7 Å². The minimum Gasteiger partial charge on any atom is -0.370 e. The molecule has 0 aromatic rings. The summed E-state index contributed by atoms with van der Waals surface area (Å²) in [5.74, 6) is 0.152. The molecule has 7 heteroatoms. The first kappa shape index (κ1) is 18.5. The number of likely N-dealkylation sites (tertiary alicyclic amines) is 1. The van der Waals surface area contributed by atoms with Crippen molar-refractivity contribution >= 4 is 5.91 Å². The van der Waals surface area contributed by atoms with Crippen LogP contribution < -0.4 is 5.32 Å². The minimum absolute atomic E-state index is 0.0660. The van der Waals surface area contributed by atoms with E-state index < -0.39 is 24.9 Å². The van der Waals surface area contributed by atoms with Crippen molar-refractivity contribution in [2.24, 2.45) is 11.8 Å². The maximum Gasteiger partial charge on any atom is 0.389 e. The van der Waals surface area contributed by atoms with Crippen LogP contribution in [0.15, 0.2) is 0 Å². The van der Waals surface area contributed by atoms with Crippen LogP contribution in [-0.2, 0) is 9.53 Å². The lowest BCUT2D eigenvalue weighted by Crippen LogP contribution is -2.42. The van der Waals surface area contributed by atoms with Gasteiger partial charge in [-0.05, 0) is 25.7 Å². The first-order valence-corrected chi connectivity index (χ1v) is 10.1. The predicted molar refractivity (Wildman–Crippen MR) is 90.6 cm³/mol. The smallest absolute Gasteiger partial charge is 0.370 e. The number of hydrogen-bond donors (Lipinski definition) is 1. The second-order valence-corrected chi connectivity index (χ2v) is 8.67. The van der Waals surface area contributed by atoms with E-state index in [1.807, 2.05) is 0 Å². The molecule has 1 saturated carbocycles. The molecule has 3 heterocycles. The Kier molecular flexibility index (Phi) is 4.97. The molecule has 0 aromatic carbocycles. The largest absolute Gasteiger partial charge is 0.389 e. The van der Waals surface area contributed by atoms with Gasteiger partial charge in [-0.2, -0.15) is 13.2 Å². The number of alkyl halides is 3. The number of rotatable bonds is 5. The highest BCUT2D eigenvalue weighted by Gasteiger charge is 2.63. The number of halogens is 3. The molecule has 3 aliphatic heterocycles. The van der Waals surface area contributed by atoms with Crippen molar-refractivity contribution in [3.05, 3.63) is 0 Å². The fraction of sp³-hybridized carbons (Fsp3) is 0.947. The highest BCUT2D eigenvalue weighted by atomic mass is 19.4. The van der Waals surface area contributed by atoms with Gasteiger partial charge in [-0.15, -0.1) is 0 Å². The number of carbonyl (C=O) groups is 1. The molecule has 4 aliphatic rings. The van der Waals surface area contributed by atoms with E-state index >= 15 is 0 Å². The van der Waals surface area contributed by atoms with Gasteiger partial charge in [-0.25, -0.2) is 0 Å². The molecule has 1 amide bonds. The van der Waals surface area contributed by atoms with E-state index in [0.29, 0.717) is 18.5 Å². The Labute approximate surface area is 152 Å². The van der Waals surface area contributed by atoms with E-state index in [4.69, 9.17) is 4.74 Å². The molecule has 2 bridgehead atoms. The van der Waals surface area contributed by atoms with Crippen LogP contribution in [0, 0.1) is 11.8 Å². The maximum atomic E-state index is 12.3. The highest BCUT2D eigenvalue weighted by molar-refractivity contribution is 5.75. The fourth-order valence-corrected chi connectivity index (χ4v) is 5.80. The van der Waals surface area contributed by atoms with Gasteiger partial charge in [0, 0.05) is 43.9 Å². The summed E-state index contributed by atoms with van der Waals surface area (Å²) in [7, 11) is 0. The molecule has 1 aliphatic carbocycles. The molecule has 0 aromatic heterocycles. The first-order valence-electron chi connectivity index (χ1n) is 10.1. The molecule has 1 N–H and O–H groups in total. The number of nitrogens with zero attached hydrogens (tertiary/aromatic N) is 1. The van der Waals surface area contributed by atoms with Crippen molar-refractivity contribution in [3.8, 4) is 0 Å². The van der Waals surface area contributed by atoms with Crippen molar-refractivity contribution in [1.29, 1.82) is 0 Å². The molecular formula is C19H29F3N2O2. The van der Waals surface area contributed by atoms with Crippen molar-refractivity contribution in [3.63, 3.8) is 0 Å². The van der Waals surface area contributed by atoms with Crippen LogP contribution in [0.2, 0.25) is 0 Å². The molecule has 4 fully saturated rings. The van der Waals surface area contributed by atoms with Crippen LogP contribution in [0.4, 0.5) is 13.2 Å². The van der Waals surface area contributed by atoms with Crippen LogP contribution in [0.1, 0.15) is 57.8 Å². The van der Waals surface area contributed by atoms with E-state index in [1.54, 1.807) is 0 Å². The lowest BCUT2D eigenvalue weighted by molar-refractivity contribution is -0.144. The van der Waals surface area contributed by atoms with Gasteiger partial charge in [0.25, 0.3) is 0 Å². The number of hydrogen-bond acceptors (Lipinski definition) is 3. The molecule has 26 heavy (non-hydrogen) atoms. The van der Waals surface area contributed by atoms with Gasteiger partial charge in [-0.3, -0.25) is 9.69 Å². The summed E-state index contributed by atoms with van der Waals surface area (Å²) in [6, 6.07) is 0.661. The Bertz CT molecular complexity index is 535. The average molecular weight is 374 g/mol. The third-order valence-electron chi connectivity index (χ3n) is 7.07. The summed E-state index contributed by atoms with van der Waals surface area (Å²) in [5.41, 5.74) is -0.0660. The lowest BCUT2D eigenvalue weighted by atomic mass is 9.73. The second kappa shape index (κ2) is 6.97. The molecule has 0 radical (unpaired) electrons. The second-order valence-electron chi connectivity index (χ2n) is 8.67. The molecule has 1 spiro atoms. The third kappa shape index (κ3) is 3.61. The summed E-state index contributed by atoms with van der Waals surface area (Å²) in [5, 5.41) is 2.75. The van der Waals surface area contributed by atoms with Gasteiger partial charge < -0.3 is 10.1 Å². The molecule has 4 rings (SSSR count). The summed E-state index contributed by atoms with van der Waals surface area (Å²) in [6.07, 6.45) is 2.95. The fourth-order valence-electron chi connectivity index (χ4n) is 5.80. The van der Waals surface area contributed by atoms with Crippen LogP contribution in [0.5, 0.6) is 0 Å². The SMILES string of the molecule is O=C(CCC(F)(F)F)NC[C@H]1[C@H]2CN(C3CCCCC3)C[C@]23CC[C@H]1O3. The average Bonchev–Trinajstić information content (AvgIpc) is 3.26. The molecule has 0 unspecified atom stereocenters. The van der Waals surface area contributed by atoms with Crippen LogP contribution >= 0.6 is 0 Å². The topological polar surface area (TPSA) is 41.6 Å². The zero-order valence-electron chi connectivity index (χ0n) is 15.2. The van der Waals surface area contributed by atoms with Gasteiger partial charge in [-0.1, -0.05) is 19.3 Å². The molecule has 4 nitrogen and oxygen atoms in total. The normalized spacial score (nSPS) is 37.9. The van der Waals surface area contributed by atoms with Gasteiger partial charge >= 0.3 is 6.18 Å². The predicted octanol–water partition coefficient (Wildman–Crippen LogP) is 3.26. The zero-order chi connectivity index (χ0) is 18.4. The summed E-state index contributed by atoms with van der Waals surface area (Å²) < 4.78 is 43.2. The van der Waals surface area contributed by atoms with Crippen LogP contribution in [-0.4, -0.2) is 54.4 Å². The maximum absolute atomic E-state index is 12.3. The van der Waals surface area contributed by atoms with Gasteiger partial charge in [0.05, 0.1) is 18.1 Å². The Hall–Kier alpha value is -0.820. The van der Waals surface area contributed by atoms with E-state index in [1.165, 1.54) is 32.1 Å². The number of carbonyl (C=O) groups excluding carboxylic acids is 1. The van der Waals surface area contributed by atoms with E-state index in [-0.39, 0.29) is 17.6 Å². The van der Waals surface area contributed by atoms with E-state index in [0.717, 1.165) is 25.9 Å². The Morgan fingerprint density at radius 1 is 1.19 bits per heavy atom. The molecule has 148 valence electrons. The standard InChI is InChI=1S/C19H29F3N2O2/c20-19(21,22)9-7-17(25)23-10-14-15-11-24(13-4-2-1-3-5-13)12-18(15)8-6-16(14)26-18/h13-16H,1-12H2,(H,23,25)/t14-,15+,16+,18+/m0/s1. The minimum atomic E-state index is -4.27. The van der Waals surface area contributed by atoms with Crippen LogP contribution in [0.3, 0.4) is 0 Å². The van der Waals surface area contributed by atoms with E-state index in [2.05, 4.69) is 10.2 Å². The summed E-state index contributed by atoms with van der Waals surface area (Å²) in [4.78, 5) is 14.4. The third-order valence-corrected chi connectivity index (χ3v) is 7.07. The molecular weight excluding hydrogens is 345 g/mol. The van der Waals surface area contributed by atoms with Crippen molar-refractivity contribution in [1.82, 2.24) is 10.2 Å². The Morgan fingerprint density at radius 2 is 1.96 bits per heavy atom. The zero-order valence-corrected chi connectivity index (χ0v) is 15.2. The molecule has 4 atom stereocenters. The lowest BCUT2D eigenvalue weighted by Gasteiger charge is -2.32.